The van der Waals surface area contributed by atoms with Crippen molar-refractivity contribution in [2.45, 2.75) is 12.8 Å². The lowest BCUT2D eigenvalue weighted by Gasteiger charge is -1.96. The van der Waals surface area contributed by atoms with Crippen molar-refractivity contribution in [1.82, 2.24) is 5.16 Å². The van der Waals surface area contributed by atoms with Gasteiger partial charge in [-0.3, -0.25) is 0 Å². The lowest BCUT2D eigenvalue weighted by atomic mass is 10.1. The molecule has 0 aliphatic carbocycles. The van der Waals surface area contributed by atoms with Gasteiger partial charge in [-0.05, 0) is 12.0 Å². The molecule has 0 spiro atoms. The van der Waals surface area contributed by atoms with E-state index in [0.717, 1.165) is 18.6 Å². The maximum Gasteiger partial charge on any atom is 0.137 e. The predicted octanol–water partition coefficient (Wildman–Crippen LogP) is 2.46. The van der Waals surface area contributed by atoms with Crippen molar-refractivity contribution in [3.05, 3.63) is 53.9 Å². The number of hydrogen-bond acceptors (Lipinski definition) is 2. The summed E-state index contributed by atoms with van der Waals surface area (Å²) < 4.78 is 5.01. The number of nitrogens with zero attached hydrogens (tertiary/aromatic N) is 1. The first-order chi connectivity index (χ1) is 6.45. The largest absolute Gasteiger partial charge is 0.361 e. The number of aromatic nitrogens is 1. The molecule has 2 rings (SSSR count). The number of aryl methyl sites for hydroxylation is 2. The maximum atomic E-state index is 5.01. The average Bonchev–Trinajstić information content (AvgIpc) is 2.69. The van der Waals surface area contributed by atoms with Gasteiger partial charge in [0.15, 0.2) is 0 Å². The highest BCUT2D eigenvalue weighted by Gasteiger charge is 1.97. The van der Waals surface area contributed by atoms with Gasteiger partial charge in [-0.2, -0.15) is 0 Å². The number of rotatable bonds is 3. The van der Waals surface area contributed by atoms with E-state index in [1.807, 2.05) is 12.1 Å². The molecule has 0 radical (unpaired) electrons. The van der Waals surface area contributed by atoms with E-state index in [1.165, 1.54) is 5.56 Å². The van der Waals surface area contributed by atoms with Gasteiger partial charge < -0.3 is 4.52 Å². The summed E-state index contributed by atoms with van der Waals surface area (Å²) in [5.74, 6) is 0.948. The van der Waals surface area contributed by atoms with E-state index in [-0.39, 0.29) is 0 Å². The van der Waals surface area contributed by atoms with E-state index in [4.69, 9.17) is 4.52 Å². The van der Waals surface area contributed by atoms with Crippen molar-refractivity contribution < 1.29 is 4.52 Å². The van der Waals surface area contributed by atoms with Crippen LogP contribution in [-0.2, 0) is 12.8 Å². The van der Waals surface area contributed by atoms with Crippen LogP contribution in [0.1, 0.15) is 11.3 Å². The molecule has 2 nitrogen and oxygen atoms in total. The van der Waals surface area contributed by atoms with Crippen LogP contribution in [0.4, 0.5) is 0 Å². The van der Waals surface area contributed by atoms with Crippen molar-refractivity contribution in [3.63, 3.8) is 0 Å². The van der Waals surface area contributed by atoms with Gasteiger partial charge in [0.25, 0.3) is 0 Å². The van der Waals surface area contributed by atoms with Crippen molar-refractivity contribution in [1.29, 1.82) is 0 Å². The molecule has 0 saturated carbocycles. The van der Waals surface area contributed by atoms with E-state index in [1.54, 1.807) is 6.20 Å². The third kappa shape index (κ3) is 2.18. The van der Waals surface area contributed by atoms with Crippen molar-refractivity contribution >= 4 is 0 Å². The first-order valence-electron chi connectivity index (χ1n) is 4.38. The zero-order chi connectivity index (χ0) is 8.93. The van der Waals surface area contributed by atoms with Crippen molar-refractivity contribution in [2.75, 3.05) is 0 Å². The number of hydrogen-bond donors (Lipinski definition) is 0. The highest BCUT2D eigenvalue weighted by Crippen LogP contribution is 2.05. The molecule has 0 N–H and O–H groups in total. The Balaban J connectivity index is 1.94. The van der Waals surface area contributed by atoms with E-state index in [2.05, 4.69) is 29.4 Å². The molecule has 13 heavy (non-hydrogen) atoms. The van der Waals surface area contributed by atoms with Gasteiger partial charge in [-0.25, -0.2) is 0 Å². The molecule has 1 aromatic carbocycles. The lowest BCUT2D eigenvalue weighted by Crippen LogP contribution is -1.88. The highest BCUT2D eigenvalue weighted by atomic mass is 16.5. The van der Waals surface area contributed by atoms with Gasteiger partial charge in [-0.15, -0.1) is 0 Å². The van der Waals surface area contributed by atoms with E-state index in [9.17, 15) is 0 Å². The quantitative estimate of drug-likeness (QED) is 0.712. The minimum Gasteiger partial charge on any atom is -0.361 e. The Labute approximate surface area is 77.2 Å². The van der Waals surface area contributed by atoms with Gasteiger partial charge in [0, 0.05) is 12.5 Å². The summed E-state index contributed by atoms with van der Waals surface area (Å²) in [6.45, 7) is 0. The second-order valence-electron chi connectivity index (χ2n) is 2.96. The zero-order valence-corrected chi connectivity index (χ0v) is 7.31. The fourth-order valence-corrected chi connectivity index (χ4v) is 1.28. The van der Waals surface area contributed by atoms with Crippen LogP contribution in [0.25, 0.3) is 0 Å². The molecule has 0 amide bonds. The topological polar surface area (TPSA) is 26.0 Å². The molecule has 0 unspecified atom stereocenters. The molecule has 0 aliphatic rings. The van der Waals surface area contributed by atoms with E-state index >= 15 is 0 Å². The van der Waals surface area contributed by atoms with Gasteiger partial charge in [0.05, 0.1) is 6.20 Å². The van der Waals surface area contributed by atoms with Crippen molar-refractivity contribution in [3.8, 4) is 0 Å². The first kappa shape index (κ1) is 8.05. The summed E-state index contributed by atoms with van der Waals surface area (Å²) in [6, 6.07) is 12.3. The van der Waals surface area contributed by atoms with Crippen LogP contribution in [0.3, 0.4) is 0 Å². The van der Waals surface area contributed by atoms with E-state index in [0.29, 0.717) is 0 Å². The van der Waals surface area contributed by atoms with Crippen LogP contribution < -0.4 is 0 Å². The Kier molecular flexibility index (Phi) is 2.41. The second kappa shape index (κ2) is 3.90. The predicted molar refractivity (Wildman–Crippen MR) is 50.4 cm³/mol. The maximum absolute atomic E-state index is 5.01. The molecular weight excluding hydrogens is 162 g/mol. The van der Waals surface area contributed by atoms with E-state index < -0.39 is 0 Å². The minimum atomic E-state index is 0.921. The third-order valence-electron chi connectivity index (χ3n) is 1.99. The van der Waals surface area contributed by atoms with Crippen LogP contribution in [0.2, 0.25) is 0 Å². The summed E-state index contributed by atoms with van der Waals surface area (Å²) in [5, 5.41) is 3.66. The summed E-state index contributed by atoms with van der Waals surface area (Å²) in [7, 11) is 0. The highest BCUT2D eigenvalue weighted by molar-refractivity contribution is 5.15. The van der Waals surface area contributed by atoms with Gasteiger partial charge in [0.2, 0.25) is 0 Å². The molecule has 0 saturated heterocycles. The van der Waals surface area contributed by atoms with Crippen molar-refractivity contribution in [2.24, 2.45) is 0 Å². The Morgan fingerprint density at radius 2 is 1.85 bits per heavy atom. The van der Waals surface area contributed by atoms with Crippen LogP contribution in [0.5, 0.6) is 0 Å². The molecule has 0 aliphatic heterocycles. The smallest absolute Gasteiger partial charge is 0.137 e. The molecule has 0 bridgehead atoms. The number of benzene rings is 1. The molecule has 2 aromatic rings. The Morgan fingerprint density at radius 3 is 2.54 bits per heavy atom. The molecule has 0 atom stereocenters. The Morgan fingerprint density at radius 1 is 1.00 bits per heavy atom. The second-order valence-corrected chi connectivity index (χ2v) is 2.96. The SMILES string of the molecule is c1ccc(CCc2ccno2)cc1. The van der Waals surface area contributed by atoms with Crippen LogP contribution in [0.15, 0.2) is 47.1 Å². The van der Waals surface area contributed by atoms with Crippen LogP contribution in [-0.4, -0.2) is 5.16 Å². The molecule has 1 heterocycles. The normalized spacial score (nSPS) is 10.2. The molecule has 0 fully saturated rings. The molecule has 66 valence electrons. The standard InChI is InChI=1S/C11H11NO/c1-2-4-10(5-3-1)6-7-11-8-9-12-13-11/h1-5,8-9H,6-7H2. The summed E-state index contributed by atoms with van der Waals surface area (Å²) in [4.78, 5) is 0. The lowest BCUT2D eigenvalue weighted by molar-refractivity contribution is 0.383. The third-order valence-corrected chi connectivity index (χ3v) is 1.99. The zero-order valence-electron chi connectivity index (χ0n) is 7.31. The Bertz CT molecular complexity index is 340. The molecular formula is C11H11NO. The summed E-state index contributed by atoms with van der Waals surface area (Å²) in [6.07, 6.45) is 3.61. The Hall–Kier alpha value is -1.57. The summed E-state index contributed by atoms with van der Waals surface area (Å²) in [5.41, 5.74) is 1.33. The van der Waals surface area contributed by atoms with Crippen LogP contribution >= 0.6 is 0 Å². The molecule has 1 aromatic heterocycles. The van der Waals surface area contributed by atoms with Crippen LogP contribution in [0, 0.1) is 0 Å². The average molecular weight is 173 g/mol. The fraction of sp³-hybridized carbons (Fsp3) is 0.182. The monoisotopic (exact) mass is 173 g/mol. The molecule has 2 heteroatoms. The first-order valence-corrected chi connectivity index (χ1v) is 4.38. The minimum absolute atomic E-state index is 0.921. The fourth-order valence-electron chi connectivity index (χ4n) is 1.28. The van der Waals surface area contributed by atoms with Gasteiger partial charge >= 0.3 is 0 Å². The summed E-state index contributed by atoms with van der Waals surface area (Å²) >= 11 is 0. The van der Waals surface area contributed by atoms with Gasteiger partial charge in [-0.1, -0.05) is 35.5 Å². The van der Waals surface area contributed by atoms with Gasteiger partial charge in [0.1, 0.15) is 5.76 Å².